The maximum absolute atomic E-state index is 13.3. The summed E-state index contributed by atoms with van der Waals surface area (Å²) in [5.74, 6) is -0.235. The molecule has 134 valence electrons. The molecule has 1 fully saturated rings. The standard InChI is InChI=1S/C19H24FN3OS/c1-14-13-25-17(21-14)12-22(2)19(24)18(23-10-4-3-5-11-23)15-6-8-16(20)9-7-15/h6-9,13,18H,3-5,10-12H2,1-2H3. The number of aryl methyl sites for hydroxylation is 1. The Morgan fingerprint density at radius 3 is 2.56 bits per heavy atom. The number of rotatable bonds is 5. The number of aromatic nitrogens is 1. The number of carbonyl (C=O) groups excluding carboxylic acids is 1. The molecule has 1 atom stereocenters. The van der Waals surface area contributed by atoms with Crippen LogP contribution in [-0.4, -0.2) is 40.8 Å². The summed E-state index contributed by atoms with van der Waals surface area (Å²) in [6, 6.07) is 5.97. The monoisotopic (exact) mass is 361 g/mol. The van der Waals surface area contributed by atoms with Crippen molar-refractivity contribution in [2.75, 3.05) is 20.1 Å². The van der Waals surface area contributed by atoms with Crippen LogP contribution in [0.5, 0.6) is 0 Å². The number of likely N-dealkylation sites (N-methyl/N-ethyl adjacent to an activating group) is 1. The Bertz CT molecular complexity index is 710. The van der Waals surface area contributed by atoms with Gasteiger partial charge >= 0.3 is 0 Å². The van der Waals surface area contributed by atoms with Gasteiger partial charge in [0.1, 0.15) is 16.9 Å². The Morgan fingerprint density at radius 1 is 1.28 bits per heavy atom. The van der Waals surface area contributed by atoms with Gasteiger partial charge in [-0.1, -0.05) is 18.6 Å². The Kier molecular flexibility index (Phi) is 5.81. The smallest absolute Gasteiger partial charge is 0.244 e. The largest absolute Gasteiger partial charge is 0.337 e. The molecular weight excluding hydrogens is 337 g/mol. The van der Waals surface area contributed by atoms with E-state index in [1.165, 1.54) is 18.6 Å². The molecule has 0 aliphatic carbocycles. The Balaban J connectivity index is 1.81. The van der Waals surface area contributed by atoms with E-state index in [0.717, 1.165) is 42.2 Å². The molecule has 1 saturated heterocycles. The molecule has 0 spiro atoms. The molecule has 1 unspecified atom stereocenters. The first kappa shape index (κ1) is 18.0. The van der Waals surface area contributed by atoms with Gasteiger partial charge < -0.3 is 4.90 Å². The third kappa shape index (κ3) is 4.44. The number of amides is 1. The topological polar surface area (TPSA) is 36.4 Å². The number of benzene rings is 1. The van der Waals surface area contributed by atoms with Gasteiger partial charge in [0.05, 0.1) is 6.54 Å². The average molecular weight is 361 g/mol. The van der Waals surface area contributed by atoms with Crippen LogP contribution in [0.15, 0.2) is 29.6 Å². The molecule has 2 heterocycles. The highest BCUT2D eigenvalue weighted by Gasteiger charge is 2.31. The highest BCUT2D eigenvalue weighted by Crippen LogP contribution is 2.27. The fraction of sp³-hybridized carbons (Fsp3) is 0.474. The van der Waals surface area contributed by atoms with E-state index in [4.69, 9.17) is 0 Å². The van der Waals surface area contributed by atoms with Crippen molar-refractivity contribution < 1.29 is 9.18 Å². The zero-order valence-electron chi connectivity index (χ0n) is 14.7. The van der Waals surface area contributed by atoms with Crippen LogP contribution in [0.3, 0.4) is 0 Å². The lowest BCUT2D eigenvalue weighted by Crippen LogP contribution is -2.43. The molecule has 1 aromatic heterocycles. The first-order valence-corrected chi connectivity index (χ1v) is 9.58. The van der Waals surface area contributed by atoms with Gasteiger partial charge in [0.25, 0.3) is 0 Å². The van der Waals surface area contributed by atoms with Crippen LogP contribution >= 0.6 is 11.3 Å². The third-order valence-electron chi connectivity index (χ3n) is 4.59. The fourth-order valence-corrected chi connectivity index (χ4v) is 4.12. The van der Waals surface area contributed by atoms with Gasteiger partial charge in [-0.25, -0.2) is 9.37 Å². The van der Waals surface area contributed by atoms with Crippen LogP contribution in [-0.2, 0) is 11.3 Å². The summed E-state index contributed by atoms with van der Waals surface area (Å²) in [7, 11) is 1.82. The molecule has 0 bridgehead atoms. The van der Waals surface area contributed by atoms with Gasteiger partial charge in [-0.3, -0.25) is 9.69 Å². The summed E-state index contributed by atoms with van der Waals surface area (Å²) in [6.45, 7) is 4.26. The van der Waals surface area contributed by atoms with E-state index in [9.17, 15) is 9.18 Å². The van der Waals surface area contributed by atoms with Crippen molar-refractivity contribution in [3.8, 4) is 0 Å². The van der Waals surface area contributed by atoms with E-state index in [2.05, 4.69) is 9.88 Å². The molecule has 1 amide bonds. The lowest BCUT2D eigenvalue weighted by molar-refractivity contribution is -0.137. The van der Waals surface area contributed by atoms with Crippen molar-refractivity contribution in [3.05, 3.63) is 51.7 Å². The Morgan fingerprint density at radius 2 is 1.96 bits per heavy atom. The summed E-state index contributed by atoms with van der Waals surface area (Å²) in [6.07, 6.45) is 3.40. The van der Waals surface area contributed by atoms with Gasteiger partial charge in [-0.2, -0.15) is 0 Å². The molecule has 3 rings (SSSR count). The number of hydrogen-bond donors (Lipinski definition) is 0. The van der Waals surface area contributed by atoms with Gasteiger partial charge in [0.2, 0.25) is 5.91 Å². The van der Waals surface area contributed by atoms with Crippen molar-refractivity contribution >= 4 is 17.2 Å². The molecule has 2 aromatic rings. The first-order chi connectivity index (χ1) is 12.0. The molecule has 1 aromatic carbocycles. The molecule has 4 nitrogen and oxygen atoms in total. The normalized spacial score (nSPS) is 16.6. The summed E-state index contributed by atoms with van der Waals surface area (Å²) in [5, 5.41) is 2.93. The molecule has 25 heavy (non-hydrogen) atoms. The Hall–Kier alpha value is -1.79. The highest BCUT2D eigenvalue weighted by molar-refractivity contribution is 7.09. The van der Waals surface area contributed by atoms with E-state index in [1.54, 1.807) is 28.4 Å². The van der Waals surface area contributed by atoms with E-state index in [1.807, 2.05) is 19.4 Å². The molecular formula is C19H24FN3OS. The van der Waals surface area contributed by atoms with Crippen molar-refractivity contribution in [2.24, 2.45) is 0 Å². The van der Waals surface area contributed by atoms with Crippen LogP contribution in [0.1, 0.15) is 41.6 Å². The molecule has 6 heteroatoms. The zero-order chi connectivity index (χ0) is 17.8. The molecule has 0 saturated carbocycles. The minimum Gasteiger partial charge on any atom is -0.337 e. The van der Waals surface area contributed by atoms with E-state index >= 15 is 0 Å². The number of piperidine rings is 1. The molecule has 1 aliphatic rings. The Labute approximate surface area is 152 Å². The highest BCUT2D eigenvalue weighted by atomic mass is 32.1. The number of halogens is 1. The van der Waals surface area contributed by atoms with Crippen molar-refractivity contribution in [1.29, 1.82) is 0 Å². The van der Waals surface area contributed by atoms with E-state index in [0.29, 0.717) is 6.54 Å². The summed E-state index contributed by atoms with van der Waals surface area (Å²) in [5.41, 5.74) is 1.84. The van der Waals surface area contributed by atoms with Crippen molar-refractivity contribution in [3.63, 3.8) is 0 Å². The van der Waals surface area contributed by atoms with Crippen LogP contribution in [0.4, 0.5) is 4.39 Å². The molecule has 0 radical (unpaired) electrons. The van der Waals surface area contributed by atoms with Crippen LogP contribution in [0, 0.1) is 12.7 Å². The second-order valence-corrected chi connectivity index (χ2v) is 7.57. The minimum absolute atomic E-state index is 0.0429. The number of nitrogens with zero attached hydrogens (tertiary/aromatic N) is 3. The van der Waals surface area contributed by atoms with Crippen LogP contribution in [0.2, 0.25) is 0 Å². The second-order valence-electron chi connectivity index (χ2n) is 6.63. The fourth-order valence-electron chi connectivity index (χ4n) is 3.30. The number of hydrogen-bond acceptors (Lipinski definition) is 4. The number of likely N-dealkylation sites (tertiary alicyclic amines) is 1. The second kappa shape index (κ2) is 8.06. The van der Waals surface area contributed by atoms with Gasteiger partial charge in [-0.05, 0) is 50.6 Å². The third-order valence-corrected chi connectivity index (χ3v) is 5.54. The van der Waals surface area contributed by atoms with Crippen molar-refractivity contribution in [1.82, 2.24) is 14.8 Å². The lowest BCUT2D eigenvalue weighted by Gasteiger charge is -2.35. The minimum atomic E-state index is -0.355. The summed E-state index contributed by atoms with van der Waals surface area (Å²) >= 11 is 1.57. The van der Waals surface area contributed by atoms with Gasteiger partial charge in [-0.15, -0.1) is 11.3 Å². The maximum Gasteiger partial charge on any atom is 0.244 e. The van der Waals surface area contributed by atoms with Crippen LogP contribution in [0.25, 0.3) is 0 Å². The lowest BCUT2D eigenvalue weighted by atomic mass is 10.0. The van der Waals surface area contributed by atoms with E-state index in [-0.39, 0.29) is 17.8 Å². The SMILES string of the molecule is Cc1csc(CN(C)C(=O)C(c2ccc(F)cc2)N2CCCCC2)n1. The maximum atomic E-state index is 13.3. The zero-order valence-corrected chi connectivity index (χ0v) is 15.6. The predicted octanol–water partition coefficient (Wildman–Crippen LogP) is 3.78. The first-order valence-electron chi connectivity index (χ1n) is 8.70. The summed E-state index contributed by atoms with van der Waals surface area (Å²) in [4.78, 5) is 21.6. The molecule has 1 aliphatic heterocycles. The van der Waals surface area contributed by atoms with Gasteiger partial charge in [0.15, 0.2) is 0 Å². The average Bonchev–Trinajstić information content (AvgIpc) is 3.02. The number of carbonyl (C=O) groups is 1. The summed E-state index contributed by atoms with van der Waals surface area (Å²) < 4.78 is 13.3. The van der Waals surface area contributed by atoms with Crippen LogP contribution < -0.4 is 0 Å². The molecule has 0 N–H and O–H groups in total. The predicted molar refractivity (Wildman–Crippen MR) is 97.9 cm³/mol. The van der Waals surface area contributed by atoms with Gasteiger partial charge in [0, 0.05) is 18.1 Å². The number of thiazole rings is 1. The van der Waals surface area contributed by atoms with E-state index < -0.39 is 0 Å². The van der Waals surface area contributed by atoms with Crippen molar-refractivity contribution in [2.45, 2.75) is 38.8 Å². The quantitative estimate of drug-likeness (QED) is 0.813.